The van der Waals surface area contributed by atoms with E-state index in [0.717, 1.165) is 19.4 Å². The van der Waals surface area contributed by atoms with Crippen LogP contribution in [0, 0.1) is 11.3 Å². The lowest BCUT2D eigenvalue weighted by atomic mass is 10.2. The lowest BCUT2D eigenvalue weighted by Crippen LogP contribution is -2.09. The molecule has 0 radical (unpaired) electrons. The average molecular weight is 257 g/mol. The summed E-state index contributed by atoms with van der Waals surface area (Å²) in [5.74, 6) is 1.22. The smallest absolute Gasteiger partial charge is 0.189 e. The van der Waals surface area contributed by atoms with Crippen molar-refractivity contribution in [1.29, 1.82) is 5.26 Å². The Morgan fingerprint density at radius 3 is 3.00 bits per heavy atom. The normalized spacial score (nSPS) is 10.1. The molecular formula is C13H15N5O. The van der Waals surface area contributed by atoms with Gasteiger partial charge in [0.1, 0.15) is 18.4 Å². The van der Waals surface area contributed by atoms with Crippen LogP contribution in [0.2, 0.25) is 0 Å². The Balaban J connectivity index is 2.03. The summed E-state index contributed by atoms with van der Waals surface area (Å²) < 4.78 is 7.34. The number of tetrazole rings is 1. The van der Waals surface area contributed by atoms with Crippen molar-refractivity contribution in [3.8, 4) is 11.8 Å². The van der Waals surface area contributed by atoms with Gasteiger partial charge in [0.15, 0.2) is 5.82 Å². The second kappa shape index (κ2) is 6.50. The number of nitrogens with zero attached hydrogens (tertiary/aromatic N) is 5. The van der Waals surface area contributed by atoms with Crippen molar-refractivity contribution in [3.63, 3.8) is 0 Å². The van der Waals surface area contributed by atoms with Crippen LogP contribution >= 0.6 is 0 Å². The summed E-state index contributed by atoms with van der Waals surface area (Å²) in [5.41, 5.74) is 0.509. The summed E-state index contributed by atoms with van der Waals surface area (Å²) >= 11 is 0. The number of hydrogen-bond donors (Lipinski definition) is 0. The minimum Gasteiger partial charge on any atom is -0.484 e. The Kier molecular flexibility index (Phi) is 4.45. The predicted octanol–water partition coefficient (Wildman–Crippen LogP) is 1.92. The highest BCUT2D eigenvalue weighted by atomic mass is 16.5. The standard InChI is InChI=1S/C13H15N5O/c1-2-3-8-18-13(15-16-17-18)10-19-12-7-5-4-6-11(12)9-14/h4-7H,2-3,8,10H2,1H3. The number of nitriles is 1. The third kappa shape index (κ3) is 3.28. The molecule has 98 valence electrons. The van der Waals surface area contributed by atoms with Crippen LogP contribution < -0.4 is 4.74 Å². The molecule has 1 heterocycles. The molecule has 0 aliphatic carbocycles. The molecule has 2 aromatic rings. The van der Waals surface area contributed by atoms with E-state index in [9.17, 15) is 0 Å². The predicted molar refractivity (Wildman–Crippen MR) is 68.2 cm³/mol. The highest BCUT2D eigenvalue weighted by Crippen LogP contribution is 2.17. The number of aryl methyl sites for hydroxylation is 1. The molecule has 0 amide bonds. The molecule has 2 rings (SSSR count). The van der Waals surface area contributed by atoms with Crippen molar-refractivity contribution in [3.05, 3.63) is 35.7 Å². The van der Waals surface area contributed by atoms with E-state index in [1.165, 1.54) is 0 Å². The third-order valence-corrected chi connectivity index (χ3v) is 2.69. The van der Waals surface area contributed by atoms with Crippen LogP contribution in [-0.4, -0.2) is 20.2 Å². The number of ether oxygens (including phenoxy) is 1. The Morgan fingerprint density at radius 2 is 2.21 bits per heavy atom. The SMILES string of the molecule is CCCCn1nnnc1COc1ccccc1C#N. The van der Waals surface area contributed by atoms with Crippen molar-refractivity contribution < 1.29 is 4.74 Å². The van der Waals surface area contributed by atoms with Crippen LogP contribution in [0.3, 0.4) is 0 Å². The largest absolute Gasteiger partial charge is 0.484 e. The topological polar surface area (TPSA) is 76.6 Å². The van der Waals surface area contributed by atoms with E-state index in [-0.39, 0.29) is 6.61 Å². The lowest BCUT2D eigenvalue weighted by Gasteiger charge is -2.07. The first-order valence-electron chi connectivity index (χ1n) is 6.22. The van der Waals surface area contributed by atoms with Crippen molar-refractivity contribution in [1.82, 2.24) is 20.2 Å². The van der Waals surface area contributed by atoms with Gasteiger partial charge in [-0.25, -0.2) is 4.68 Å². The fraction of sp³-hybridized carbons (Fsp3) is 0.385. The lowest BCUT2D eigenvalue weighted by molar-refractivity contribution is 0.285. The minimum atomic E-state index is 0.259. The van der Waals surface area contributed by atoms with Gasteiger partial charge in [-0.05, 0) is 29.0 Å². The van der Waals surface area contributed by atoms with Gasteiger partial charge in [0.05, 0.1) is 5.56 Å². The molecule has 6 nitrogen and oxygen atoms in total. The molecule has 0 bridgehead atoms. The van der Waals surface area contributed by atoms with Crippen LogP contribution in [0.4, 0.5) is 0 Å². The van der Waals surface area contributed by atoms with Crippen LogP contribution in [-0.2, 0) is 13.2 Å². The summed E-state index contributed by atoms with van der Waals surface area (Å²) in [6.07, 6.45) is 2.10. The molecule has 0 N–H and O–H groups in total. The van der Waals surface area contributed by atoms with Gasteiger partial charge in [-0.2, -0.15) is 5.26 Å². The van der Waals surface area contributed by atoms with E-state index in [0.29, 0.717) is 17.1 Å². The zero-order valence-electron chi connectivity index (χ0n) is 10.8. The van der Waals surface area contributed by atoms with E-state index in [1.807, 2.05) is 6.07 Å². The number of unbranched alkanes of at least 4 members (excludes halogenated alkanes) is 1. The maximum atomic E-state index is 8.97. The van der Waals surface area contributed by atoms with E-state index in [2.05, 4.69) is 28.5 Å². The summed E-state index contributed by atoms with van der Waals surface area (Å²) in [7, 11) is 0. The molecule has 0 fully saturated rings. The molecule has 0 saturated heterocycles. The van der Waals surface area contributed by atoms with Gasteiger partial charge in [0, 0.05) is 6.54 Å². The Labute approximate surface area is 111 Å². The molecule has 0 aliphatic rings. The fourth-order valence-electron chi connectivity index (χ4n) is 1.64. The number of aromatic nitrogens is 4. The average Bonchev–Trinajstić information content (AvgIpc) is 2.90. The van der Waals surface area contributed by atoms with Crippen LogP contribution in [0.5, 0.6) is 5.75 Å². The Hall–Kier alpha value is -2.42. The molecule has 19 heavy (non-hydrogen) atoms. The number of hydrogen-bond acceptors (Lipinski definition) is 5. The van der Waals surface area contributed by atoms with Gasteiger partial charge >= 0.3 is 0 Å². The summed E-state index contributed by atoms with van der Waals surface area (Å²) in [5, 5.41) is 20.5. The fourth-order valence-corrected chi connectivity index (χ4v) is 1.64. The maximum Gasteiger partial charge on any atom is 0.189 e. The maximum absolute atomic E-state index is 8.97. The summed E-state index contributed by atoms with van der Waals surface area (Å²) in [4.78, 5) is 0. The quantitative estimate of drug-likeness (QED) is 0.790. The molecule has 0 saturated carbocycles. The van der Waals surface area contributed by atoms with Crippen LogP contribution in [0.15, 0.2) is 24.3 Å². The first-order valence-corrected chi connectivity index (χ1v) is 6.22. The van der Waals surface area contributed by atoms with E-state index < -0.39 is 0 Å². The van der Waals surface area contributed by atoms with E-state index in [4.69, 9.17) is 10.00 Å². The zero-order chi connectivity index (χ0) is 13.5. The molecular weight excluding hydrogens is 242 g/mol. The summed E-state index contributed by atoms with van der Waals surface area (Å²) in [6.45, 7) is 3.15. The van der Waals surface area contributed by atoms with E-state index in [1.54, 1.807) is 22.9 Å². The van der Waals surface area contributed by atoms with Crippen LogP contribution in [0.1, 0.15) is 31.2 Å². The molecule has 0 atom stereocenters. The monoisotopic (exact) mass is 257 g/mol. The zero-order valence-corrected chi connectivity index (χ0v) is 10.8. The number of para-hydroxylation sites is 1. The summed E-state index contributed by atoms with van der Waals surface area (Å²) in [6, 6.07) is 9.20. The molecule has 1 aromatic carbocycles. The highest BCUT2D eigenvalue weighted by Gasteiger charge is 2.08. The van der Waals surface area contributed by atoms with E-state index >= 15 is 0 Å². The third-order valence-electron chi connectivity index (χ3n) is 2.69. The second-order valence-electron chi connectivity index (χ2n) is 4.07. The first kappa shape index (κ1) is 13.0. The minimum absolute atomic E-state index is 0.259. The van der Waals surface area contributed by atoms with Crippen molar-refractivity contribution in [2.75, 3.05) is 0 Å². The molecule has 0 aliphatic heterocycles. The number of benzene rings is 1. The molecule has 6 heteroatoms. The number of rotatable bonds is 6. The first-order chi connectivity index (χ1) is 9.35. The van der Waals surface area contributed by atoms with Crippen molar-refractivity contribution in [2.45, 2.75) is 32.9 Å². The molecule has 0 unspecified atom stereocenters. The van der Waals surface area contributed by atoms with Crippen molar-refractivity contribution >= 4 is 0 Å². The van der Waals surface area contributed by atoms with Gasteiger partial charge < -0.3 is 4.74 Å². The van der Waals surface area contributed by atoms with Gasteiger partial charge in [0.25, 0.3) is 0 Å². The molecule has 1 aromatic heterocycles. The molecule has 0 spiro atoms. The van der Waals surface area contributed by atoms with Gasteiger partial charge in [-0.3, -0.25) is 0 Å². The highest BCUT2D eigenvalue weighted by molar-refractivity contribution is 5.42. The Bertz CT molecular complexity index is 572. The second-order valence-corrected chi connectivity index (χ2v) is 4.07. The van der Waals surface area contributed by atoms with Gasteiger partial charge in [-0.1, -0.05) is 25.5 Å². The Morgan fingerprint density at radius 1 is 1.37 bits per heavy atom. The van der Waals surface area contributed by atoms with Gasteiger partial charge in [-0.15, -0.1) is 5.10 Å². The van der Waals surface area contributed by atoms with Gasteiger partial charge in [0.2, 0.25) is 0 Å². The van der Waals surface area contributed by atoms with Crippen molar-refractivity contribution in [2.24, 2.45) is 0 Å². The van der Waals surface area contributed by atoms with Crippen LogP contribution in [0.25, 0.3) is 0 Å².